The molecule has 1 aliphatic carbocycles. The average molecular weight is 363 g/mol. The van der Waals surface area contributed by atoms with Crippen LogP contribution in [0.3, 0.4) is 0 Å². The van der Waals surface area contributed by atoms with E-state index < -0.39 is 35.0 Å². The fraction of sp³-hybridized carbons (Fsp3) is 0.333. The second-order valence-corrected chi connectivity index (χ2v) is 6.06. The Hall–Kier alpha value is -2.20. The van der Waals surface area contributed by atoms with Gasteiger partial charge in [-0.25, -0.2) is 4.90 Å². The zero-order valence-electron chi connectivity index (χ0n) is 11.6. The van der Waals surface area contributed by atoms with Gasteiger partial charge in [0.2, 0.25) is 11.8 Å². The largest absolute Gasteiger partial charge is 0.465 e. The molecule has 1 unspecified atom stereocenters. The number of ether oxygens (including phenoxy) is 1. The summed E-state index contributed by atoms with van der Waals surface area (Å²) in [6, 6.07) is 8.51. The molecular weight excluding hydrogens is 352 g/mol. The maximum absolute atomic E-state index is 12.5. The zero-order chi connectivity index (χ0) is 16.1. The lowest BCUT2D eigenvalue weighted by Crippen LogP contribution is -2.40. The number of benzene rings is 1. The molecule has 6 nitrogen and oxygen atoms in total. The van der Waals surface area contributed by atoms with Crippen molar-refractivity contribution in [1.29, 1.82) is 5.26 Å². The van der Waals surface area contributed by atoms with E-state index in [1.165, 1.54) is 0 Å². The molecule has 0 aromatic heterocycles. The molecule has 1 heterocycles. The highest BCUT2D eigenvalue weighted by atomic mass is 79.9. The van der Waals surface area contributed by atoms with Gasteiger partial charge >= 0.3 is 5.97 Å². The first-order valence-electron chi connectivity index (χ1n) is 6.71. The van der Waals surface area contributed by atoms with Crippen molar-refractivity contribution in [3.63, 3.8) is 0 Å². The van der Waals surface area contributed by atoms with Gasteiger partial charge in [-0.1, -0.05) is 15.9 Å². The van der Waals surface area contributed by atoms with Crippen molar-refractivity contribution < 1.29 is 19.1 Å². The van der Waals surface area contributed by atoms with E-state index in [4.69, 9.17) is 4.74 Å². The predicted molar refractivity (Wildman–Crippen MR) is 78.3 cm³/mol. The number of halogens is 1. The van der Waals surface area contributed by atoms with Crippen molar-refractivity contribution in [2.75, 3.05) is 11.5 Å². The Morgan fingerprint density at radius 2 is 1.86 bits per heavy atom. The minimum atomic E-state index is -1.64. The van der Waals surface area contributed by atoms with Gasteiger partial charge in [-0.15, -0.1) is 0 Å². The highest BCUT2D eigenvalue weighted by molar-refractivity contribution is 9.10. The van der Waals surface area contributed by atoms with E-state index in [0.29, 0.717) is 5.69 Å². The highest BCUT2D eigenvalue weighted by Crippen LogP contribution is 2.64. The van der Waals surface area contributed by atoms with Crippen LogP contribution in [0.1, 0.15) is 6.92 Å². The number of hydrogen-bond donors (Lipinski definition) is 0. The molecule has 7 heteroatoms. The normalized spacial score (nSPS) is 29.0. The first kappa shape index (κ1) is 14.7. The average Bonchev–Trinajstić information content (AvgIpc) is 3.12. The lowest BCUT2D eigenvalue weighted by Gasteiger charge is -2.20. The Morgan fingerprint density at radius 1 is 1.32 bits per heavy atom. The van der Waals surface area contributed by atoms with Crippen LogP contribution in [0.15, 0.2) is 28.7 Å². The van der Waals surface area contributed by atoms with Crippen molar-refractivity contribution >= 4 is 39.4 Å². The summed E-state index contributed by atoms with van der Waals surface area (Å²) in [5, 5.41) is 9.31. The monoisotopic (exact) mass is 362 g/mol. The quantitative estimate of drug-likeness (QED) is 0.602. The first-order chi connectivity index (χ1) is 10.5. The molecule has 22 heavy (non-hydrogen) atoms. The summed E-state index contributed by atoms with van der Waals surface area (Å²) in [7, 11) is 0. The first-order valence-corrected chi connectivity index (χ1v) is 7.50. The lowest BCUT2D eigenvalue weighted by molar-refractivity contribution is -0.150. The van der Waals surface area contributed by atoms with Crippen LogP contribution in [0.25, 0.3) is 0 Å². The fourth-order valence-electron chi connectivity index (χ4n) is 2.98. The van der Waals surface area contributed by atoms with Crippen molar-refractivity contribution in [2.24, 2.45) is 17.3 Å². The van der Waals surface area contributed by atoms with Crippen LogP contribution in [-0.4, -0.2) is 24.4 Å². The van der Waals surface area contributed by atoms with Crippen LogP contribution >= 0.6 is 15.9 Å². The van der Waals surface area contributed by atoms with Crippen molar-refractivity contribution in [2.45, 2.75) is 6.92 Å². The summed E-state index contributed by atoms with van der Waals surface area (Å²) in [5.41, 5.74) is -1.21. The minimum Gasteiger partial charge on any atom is -0.465 e. The van der Waals surface area contributed by atoms with Crippen molar-refractivity contribution in [3.05, 3.63) is 28.7 Å². The molecule has 2 fully saturated rings. The van der Waals surface area contributed by atoms with E-state index in [1.54, 1.807) is 31.2 Å². The third kappa shape index (κ3) is 1.74. The molecule has 112 valence electrons. The molecule has 0 bridgehead atoms. The van der Waals surface area contributed by atoms with Gasteiger partial charge in [-0.05, 0) is 31.2 Å². The number of esters is 1. The second-order valence-electron chi connectivity index (χ2n) is 5.14. The Balaban J connectivity index is 1.92. The standard InChI is InChI=1S/C15H11BrN2O4/c1-2-22-14(21)15(7-17)10-11(15)13(20)18(12(10)19)9-5-3-8(16)4-6-9/h3-6,10-11H,2H2,1H3/t10-,11+,15?. The number of nitriles is 1. The van der Waals surface area contributed by atoms with E-state index in [2.05, 4.69) is 15.9 Å². The van der Waals surface area contributed by atoms with Crippen LogP contribution in [0.5, 0.6) is 0 Å². The number of rotatable bonds is 3. The van der Waals surface area contributed by atoms with Gasteiger partial charge in [-0.2, -0.15) is 5.26 Å². The Morgan fingerprint density at radius 3 is 2.32 bits per heavy atom. The molecule has 3 rings (SSSR count). The summed E-state index contributed by atoms with van der Waals surface area (Å²) >= 11 is 3.28. The Bertz CT molecular complexity index is 700. The van der Waals surface area contributed by atoms with E-state index in [1.807, 2.05) is 6.07 Å². The topological polar surface area (TPSA) is 87.5 Å². The summed E-state index contributed by atoms with van der Waals surface area (Å²) in [6.07, 6.45) is 0. The number of amides is 2. The summed E-state index contributed by atoms with van der Waals surface area (Å²) in [5.74, 6) is -3.70. The molecule has 1 saturated carbocycles. The van der Waals surface area contributed by atoms with Crippen LogP contribution in [0.4, 0.5) is 5.69 Å². The molecule has 0 spiro atoms. The third-order valence-electron chi connectivity index (χ3n) is 4.06. The van der Waals surface area contributed by atoms with Crippen LogP contribution in [0.2, 0.25) is 0 Å². The number of imide groups is 1. The SMILES string of the molecule is CCOC(=O)C1(C#N)[C@@H]2C(=O)N(c3ccc(Br)cc3)C(=O)[C@@H]21. The fourth-order valence-corrected chi connectivity index (χ4v) is 3.25. The predicted octanol–water partition coefficient (Wildman–Crippen LogP) is 1.64. The van der Waals surface area contributed by atoms with Gasteiger partial charge in [0.05, 0.1) is 30.2 Å². The highest BCUT2D eigenvalue weighted by Gasteiger charge is 2.83. The molecule has 2 amide bonds. The van der Waals surface area contributed by atoms with Crippen LogP contribution < -0.4 is 4.90 Å². The molecule has 1 aromatic rings. The number of fused-ring (bicyclic) bond motifs is 1. The third-order valence-corrected chi connectivity index (χ3v) is 4.59. The van der Waals surface area contributed by atoms with E-state index in [9.17, 15) is 19.6 Å². The van der Waals surface area contributed by atoms with E-state index >= 15 is 0 Å². The molecule has 1 saturated heterocycles. The molecule has 2 aliphatic rings. The number of nitrogens with zero attached hydrogens (tertiary/aromatic N) is 2. The van der Waals surface area contributed by atoms with Gasteiger partial charge < -0.3 is 4.74 Å². The van der Waals surface area contributed by atoms with E-state index in [0.717, 1.165) is 9.37 Å². The summed E-state index contributed by atoms with van der Waals surface area (Å²) in [6.45, 7) is 1.71. The lowest BCUT2D eigenvalue weighted by atomic mass is 10.0. The molecule has 1 aliphatic heterocycles. The number of piperidine rings is 1. The summed E-state index contributed by atoms with van der Waals surface area (Å²) < 4.78 is 5.68. The molecule has 3 atom stereocenters. The number of carbonyl (C=O) groups is 3. The zero-order valence-corrected chi connectivity index (χ0v) is 13.2. The maximum Gasteiger partial charge on any atom is 0.328 e. The number of anilines is 1. The Labute approximate surface area is 134 Å². The van der Waals surface area contributed by atoms with Crippen LogP contribution in [-0.2, 0) is 19.1 Å². The second kappa shape index (κ2) is 4.92. The van der Waals surface area contributed by atoms with Gasteiger partial charge in [-0.3, -0.25) is 14.4 Å². The minimum absolute atomic E-state index is 0.0977. The van der Waals surface area contributed by atoms with Gasteiger partial charge in [0.25, 0.3) is 0 Å². The van der Waals surface area contributed by atoms with Gasteiger partial charge in [0.1, 0.15) is 0 Å². The molecule has 0 N–H and O–H groups in total. The van der Waals surface area contributed by atoms with Crippen molar-refractivity contribution in [1.82, 2.24) is 0 Å². The number of carbonyl (C=O) groups excluding carboxylic acids is 3. The summed E-state index contributed by atoms with van der Waals surface area (Å²) in [4.78, 5) is 37.9. The Kier molecular flexibility index (Phi) is 3.29. The van der Waals surface area contributed by atoms with Gasteiger partial charge in [0.15, 0.2) is 5.41 Å². The molecule has 0 radical (unpaired) electrons. The van der Waals surface area contributed by atoms with Crippen LogP contribution in [0, 0.1) is 28.6 Å². The van der Waals surface area contributed by atoms with Gasteiger partial charge in [0, 0.05) is 4.47 Å². The molecular formula is C15H11BrN2O4. The van der Waals surface area contributed by atoms with Crippen molar-refractivity contribution in [3.8, 4) is 6.07 Å². The maximum atomic E-state index is 12.5. The number of hydrogen-bond acceptors (Lipinski definition) is 5. The molecule has 1 aromatic carbocycles. The smallest absolute Gasteiger partial charge is 0.328 e. The van der Waals surface area contributed by atoms with E-state index in [-0.39, 0.29) is 6.61 Å².